The third-order valence-corrected chi connectivity index (χ3v) is 11.2. The Morgan fingerprint density at radius 1 is 1.00 bits per heavy atom. The summed E-state index contributed by atoms with van der Waals surface area (Å²) in [5.74, 6) is -0.160. The summed E-state index contributed by atoms with van der Waals surface area (Å²) in [6.07, 6.45) is 0.661. The van der Waals surface area contributed by atoms with Gasteiger partial charge < -0.3 is 13.3 Å². The first-order valence-electron chi connectivity index (χ1n) is 7.82. The van der Waals surface area contributed by atoms with Crippen LogP contribution in [0.15, 0.2) is 0 Å². The second-order valence-corrected chi connectivity index (χ2v) is 14.0. The van der Waals surface area contributed by atoms with Gasteiger partial charge in [0.05, 0.1) is 0 Å². The Morgan fingerprint density at radius 3 is 1.71 bits per heavy atom. The van der Waals surface area contributed by atoms with E-state index in [2.05, 4.69) is 33.9 Å². The van der Waals surface area contributed by atoms with E-state index in [1.807, 2.05) is 27.7 Å². The first-order chi connectivity index (χ1) is 9.46. The standard InChI is InChI=1S/C15H33O4Si2/c1-10-15(7,20(17-11-2)18-12-3)13(16)19-21(8,9)14(4,5)6/h10-12H2,1-9H3. The molecule has 0 N–H and O–H groups in total. The van der Waals surface area contributed by atoms with Crippen molar-refractivity contribution in [2.75, 3.05) is 13.2 Å². The zero-order chi connectivity index (χ0) is 16.9. The van der Waals surface area contributed by atoms with Crippen molar-refractivity contribution in [2.45, 2.75) is 78.1 Å². The number of rotatable bonds is 8. The minimum atomic E-state index is -2.13. The van der Waals surface area contributed by atoms with Gasteiger partial charge in [0.2, 0.25) is 0 Å². The van der Waals surface area contributed by atoms with Crippen LogP contribution < -0.4 is 0 Å². The fourth-order valence-electron chi connectivity index (χ4n) is 1.49. The third-order valence-electron chi connectivity index (χ3n) is 4.31. The summed E-state index contributed by atoms with van der Waals surface area (Å²) < 4.78 is 17.5. The second-order valence-electron chi connectivity index (χ2n) is 6.99. The summed E-state index contributed by atoms with van der Waals surface area (Å²) >= 11 is 0. The molecule has 6 heteroatoms. The largest absolute Gasteiger partial charge is 0.519 e. The summed E-state index contributed by atoms with van der Waals surface area (Å²) in [4.78, 5) is 12.8. The lowest BCUT2D eigenvalue weighted by Crippen LogP contribution is -2.49. The van der Waals surface area contributed by atoms with Crippen LogP contribution in [-0.4, -0.2) is 36.8 Å². The van der Waals surface area contributed by atoms with Gasteiger partial charge in [0.15, 0.2) is 0 Å². The molecule has 0 aliphatic carbocycles. The molecule has 0 heterocycles. The Hall–Kier alpha value is -0.176. The van der Waals surface area contributed by atoms with Gasteiger partial charge in [-0.25, -0.2) is 0 Å². The fraction of sp³-hybridized carbons (Fsp3) is 0.933. The van der Waals surface area contributed by atoms with Crippen molar-refractivity contribution >= 4 is 23.6 Å². The highest BCUT2D eigenvalue weighted by atomic mass is 28.4. The second kappa shape index (κ2) is 7.90. The van der Waals surface area contributed by atoms with Gasteiger partial charge >= 0.3 is 9.28 Å². The summed E-state index contributed by atoms with van der Waals surface area (Å²) in [6.45, 7) is 19.5. The molecule has 125 valence electrons. The highest BCUT2D eigenvalue weighted by molar-refractivity contribution is 6.76. The molecule has 1 radical (unpaired) electrons. The molecule has 0 aromatic heterocycles. The van der Waals surface area contributed by atoms with Gasteiger partial charge in [-0.3, -0.25) is 4.79 Å². The predicted octanol–water partition coefficient (Wildman–Crippen LogP) is 4.27. The fourth-order valence-corrected chi connectivity index (χ4v) is 4.34. The monoisotopic (exact) mass is 333 g/mol. The Bertz CT molecular complexity index is 333. The zero-order valence-corrected chi connectivity index (χ0v) is 17.3. The van der Waals surface area contributed by atoms with Gasteiger partial charge in [-0.15, -0.1) is 0 Å². The van der Waals surface area contributed by atoms with Crippen molar-refractivity contribution in [3.05, 3.63) is 0 Å². The third kappa shape index (κ3) is 5.19. The van der Waals surface area contributed by atoms with Crippen molar-refractivity contribution in [3.8, 4) is 0 Å². The van der Waals surface area contributed by atoms with Crippen molar-refractivity contribution in [1.82, 2.24) is 0 Å². The van der Waals surface area contributed by atoms with Gasteiger partial charge in [0.1, 0.15) is 5.04 Å². The molecule has 0 saturated heterocycles. The van der Waals surface area contributed by atoms with Crippen LogP contribution in [0.5, 0.6) is 0 Å². The topological polar surface area (TPSA) is 44.8 Å². The van der Waals surface area contributed by atoms with Crippen LogP contribution in [0.3, 0.4) is 0 Å². The van der Waals surface area contributed by atoms with Gasteiger partial charge in [-0.2, -0.15) is 0 Å². The van der Waals surface area contributed by atoms with E-state index in [1.54, 1.807) is 0 Å². The lowest BCUT2D eigenvalue weighted by atomic mass is 10.1. The molecule has 21 heavy (non-hydrogen) atoms. The lowest BCUT2D eigenvalue weighted by molar-refractivity contribution is -0.139. The number of hydrogen-bond donors (Lipinski definition) is 0. The van der Waals surface area contributed by atoms with E-state index in [1.165, 1.54) is 0 Å². The van der Waals surface area contributed by atoms with E-state index in [0.29, 0.717) is 19.6 Å². The van der Waals surface area contributed by atoms with E-state index in [-0.39, 0.29) is 11.0 Å². The van der Waals surface area contributed by atoms with Gasteiger partial charge in [0.25, 0.3) is 14.3 Å². The van der Waals surface area contributed by atoms with Crippen LogP contribution in [0.2, 0.25) is 23.2 Å². The van der Waals surface area contributed by atoms with E-state index in [0.717, 1.165) is 0 Å². The Balaban J connectivity index is 5.27. The molecule has 0 aliphatic rings. The quantitative estimate of drug-likeness (QED) is 0.622. The average Bonchev–Trinajstić information content (AvgIpc) is 2.35. The maximum atomic E-state index is 12.8. The molecule has 1 unspecified atom stereocenters. The van der Waals surface area contributed by atoms with E-state index >= 15 is 0 Å². The molecule has 0 amide bonds. The van der Waals surface area contributed by atoms with E-state index < -0.39 is 22.6 Å². The van der Waals surface area contributed by atoms with Crippen LogP contribution >= 0.6 is 0 Å². The molecular formula is C15H33O4Si2. The highest BCUT2D eigenvalue weighted by Gasteiger charge is 2.50. The molecule has 0 fully saturated rings. The minimum absolute atomic E-state index is 0.00143. The van der Waals surface area contributed by atoms with Crippen molar-refractivity contribution in [2.24, 2.45) is 0 Å². The van der Waals surface area contributed by atoms with Gasteiger partial charge in [0, 0.05) is 13.2 Å². The van der Waals surface area contributed by atoms with Crippen LogP contribution in [0.4, 0.5) is 0 Å². The molecule has 0 rings (SSSR count). The summed E-state index contributed by atoms with van der Waals surface area (Å²) in [7, 11) is -3.83. The number of carbonyl (C=O) groups excluding carboxylic acids is 1. The molecule has 0 spiro atoms. The van der Waals surface area contributed by atoms with Gasteiger partial charge in [-0.1, -0.05) is 27.7 Å². The lowest BCUT2D eigenvalue weighted by Gasteiger charge is -2.39. The van der Waals surface area contributed by atoms with Crippen LogP contribution in [-0.2, 0) is 18.1 Å². The molecular weight excluding hydrogens is 300 g/mol. The zero-order valence-electron chi connectivity index (χ0n) is 15.3. The van der Waals surface area contributed by atoms with Crippen LogP contribution in [0.1, 0.15) is 54.9 Å². The minimum Gasteiger partial charge on any atom is -0.519 e. The van der Waals surface area contributed by atoms with Crippen molar-refractivity contribution in [1.29, 1.82) is 0 Å². The predicted molar refractivity (Wildman–Crippen MR) is 91.0 cm³/mol. The number of carbonyl (C=O) groups is 1. The SMILES string of the molecule is CCO[Si](OCC)C(C)(CC)C(=O)O[Si](C)(C)C(C)(C)C. The molecule has 0 saturated carbocycles. The van der Waals surface area contributed by atoms with Crippen molar-refractivity contribution < 1.29 is 18.1 Å². The van der Waals surface area contributed by atoms with E-state index in [9.17, 15) is 4.79 Å². The molecule has 4 nitrogen and oxygen atoms in total. The van der Waals surface area contributed by atoms with Gasteiger partial charge in [-0.05, 0) is 45.3 Å². The van der Waals surface area contributed by atoms with E-state index in [4.69, 9.17) is 13.3 Å². The Morgan fingerprint density at radius 2 is 1.43 bits per heavy atom. The Labute approximate surface area is 133 Å². The maximum absolute atomic E-state index is 12.8. The highest BCUT2D eigenvalue weighted by Crippen LogP contribution is 2.42. The Kier molecular flexibility index (Phi) is 7.83. The number of hydrogen-bond acceptors (Lipinski definition) is 4. The molecule has 0 aromatic rings. The first-order valence-corrected chi connectivity index (χ1v) is 12.0. The smallest absolute Gasteiger partial charge is 0.402 e. The first kappa shape index (κ1) is 20.8. The van der Waals surface area contributed by atoms with Crippen LogP contribution in [0, 0.1) is 0 Å². The normalized spacial score (nSPS) is 15.9. The molecule has 0 aliphatic heterocycles. The maximum Gasteiger partial charge on any atom is 0.402 e. The molecule has 0 bridgehead atoms. The summed E-state index contributed by atoms with van der Waals surface area (Å²) in [6, 6.07) is 0. The van der Waals surface area contributed by atoms with Crippen LogP contribution in [0.25, 0.3) is 0 Å². The van der Waals surface area contributed by atoms with Crippen molar-refractivity contribution in [3.63, 3.8) is 0 Å². The average molecular weight is 334 g/mol. The summed E-state index contributed by atoms with van der Waals surface area (Å²) in [5, 5.41) is -0.673. The summed E-state index contributed by atoms with van der Waals surface area (Å²) in [5.41, 5.74) is 0. The molecule has 1 atom stereocenters. The molecule has 0 aromatic carbocycles.